The van der Waals surface area contributed by atoms with Gasteiger partial charge in [0.05, 0.1) is 0 Å². The fourth-order valence-electron chi connectivity index (χ4n) is 3.19. The highest BCUT2D eigenvalue weighted by Gasteiger charge is 2.66. The number of carboxylic acids is 1. The van der Waals surface area contributed by atoms with Crippen LogP contribution in [0.1, 0.15) is 5.01 Å². The lowest BCUT2D eigenvalue weighted by Crippen LogP contribution is -2.80. The van der Waals surface area contributed by atoms with Crippen molar-refractivity contribution in [1.82, 2.24) is 40.6 Å². The van der Waals surface area contributed by atoms with E-state index in [2.05, 4.69) is 31.0 Å². The Hall–Kier alpha value is -2.56. The standard InChI is InChI=1S/C15H16N8O5S3/c1-7-18-19-14(31-7)30-5-8-4-29-13-15(28-2,12(27)23(13)10(8)11(25)26)17-9(24)3-22-6-16-20-21-22/h6,13H,3-5H2,1-2H3,(H,17,24)(H,25,26)/t13-,15?/m0/s1. The van der Waals surface area contributed by atoms with Gasteiger partial charge in [-0.2, -0.15) is 0 Å². The number of carbonyl (C=O) groups excluding carboxylic acids is 2. The fraction of sp³-hybridized carbons (Fsp3) is 0.467. The van der Waals surface area contributed by atoms with Crippen LogP contribution in [-0.4, -0.2) is 87.9 Å². The van der Waals surface area contributed by atoms with Gasteiger partial charge in [-0.05, 0) is 22.9 Å². The Labute approximate surface area is 187 Å². The third kappa shape index (κ3) is 3.90. The number of rotatable bonds is 8. The molecule has 2 N–H and O–H groups in total. The van der Waals surface area contributed by atoms with Crippen molar-refractivity contribution in [3.63, 3.8) is 0 Å². The molecule has 31 heavy (non-hydrogen) atoms. The number of aromatic nitrogens is 6. The van der Waals surface area contributed by atoms with E-state index in [9.17, 15) is 19.5 Å². The van der Waals surface area contributed by atoms with E-state index >= 15 is 0 Å². The summed E-state index contributed by atoms with van der Waals surface area (Å²) in [5.74, 6) is -1.70. The second-order valence-corrected chi connectivity index (χ2v) is 9.94. The summed E-state index contributed by atoms with van der Waals surface area (Å²) in [5.41, 5.74) is -1.17. The van der Waals surface area contributed by atoms with E-state index in [0.717, 1.165) is 9.35 Å². The molecule has 16 heteroatoms. The Morgan fingerprint density at radius 1 is 1.45 bits per heavy atom. The van der Waals surface area contributed by atoms with Gasteiger partial charge in [-0.3, -0.25) is 14.5 Å². The van der Waals surface area contributed by atoms with Gasteiger partial charge >= 0.3 is 5.97 Å². The molecule has 2 aromatic rings. The minimum atomic E-state index is -1.66. The maximum absolute atomic E-state index is 13.0. The molecule has 2 aliphatic rings. The van der Waals surface area contributed by atoms with E-state index in [0.29, 0.717) is 17.1 Å². The number of amides is 2. The van der Waals surface area contributed by atoms with Crippen molar-refractivity contribution in [1.29, 1.82) is 0 Å². The van der Waals surface area contributed by atoms with Crippen LogP contribution in [0, 0.1) is 6.92 Å². The molecule has 2 amide bonds. The summed E-state index contributed by atoms with van der Waals surface area (Å²) < 4.78 is 7.31. The molecular formula is C15H16N8O5S3. The summed E-state index contributed by atoms with van der Waals surface area (Å²) in [7, 11) is 1.29. The van der Waals surface area contributed by atoms with E-state index in [1.54, 1.807) is 0 Å². The first kappa shape index (κ1) is 21.7. The van der Waals surface area contributed by atoms with Crippen molar-refractivity contribution in [2.75, 3.05) is 18.6 Å². The second-order valence-electron chi connectivity index (χ2n) is 6.47. The lowest BCUT2D eigenvalue weighted by atomic mass is 9.98. The average Bonchev–Trinajstić information content (AvgIpc) is 3.40. The van der Waals surface area contributed by atoms with Crippen LogP contribution in [0.15, 0.2) is 21.9 Å². The van der Waals surface area contributed by atoms with Gasteiger partial charge in [0.2, 0.25) is 5.91 Å². The number of methoxy groups -OCH3 is 1. The van der Waals surface area contributed by atoms with Gasteiger partial charge < -0.3 is 15.2 Å². The summed E-state index contributed by atoms with van der Waals surface area (Å²) in [6, 6.07) is 0. The van der Waals surface area contributed by atoms with Crippen LogP contribution in [-0.2, 0) is 25.7 Å². The van der Waals surface area contributed by atoms with Gasteiger partial charge in [-0.15, -0.1) is 27.1 Å². The van der Waals surface area contributed by atoms with Crippen LogP contribution in [0.25, 0.3) is 0 Å². The number of β-lactam (4-membered cyclic amide) rings is 1. The first-order chi connectivity index (χ1) is 14.9. The zero-order valence-electron chi connectivity index (χ0n) is 16.2. The molecule has 0 aromatic carbocycles. The first-order valence-corrected chi connectivity index (χ1v) is 11.6. The molecule has 0 spiro atoms. The maximum Gasteiger partial charge on any atom is 0.352 e. The summed E-state index contributed by atoms with van der Waals surface area (Å²) >= 11 is 4.10. The molecule has 0 aliphatic carbocycles. The highest BCUT2D eigenvalue weighted by molar-refractivity contribution is 8.01. The summed E-state index contributed by atoms with van der Waals surface area (Å²) in [6.45, 7) is 1.62. The molecule has 2 atom stereocenters. The number of fused-ring (bicyclic) bond motifs is 1. The number of carbonyl (C=O) groups is 3. The topological polar surface area (TPSA) is 165 Å². The summed E-state index contributed by atoms with van der Waals surface area (Å²) in [6.07, 6.45) is 1.26. The molecule has 0 radical (unpaired) electrons. The Balaban J connectivity index is 1.52. The molecule has 0 bridgehead atoms. The highest BCUT2D eigenvalue weighted by Crippen LogP contribution is 2.47. The number of thioether (sulfide) groups is 2. The zero-order chi connectivity index (χ0) is 22.2. The monoisotopic (exact) mass is 484 g/mol. The predicted molar refractivity (Wildman–Crippen MR) is 109 cm³/mol. The molecule has 1 unspecified atom stereocenters. The Bertz CT molecular complexity index is 1060. The van der Waals surface area contributed by atoms with Crippen molar-refractivity contribution in [3.8, 4) is 0 Å². The molecule has 164 valence electrons. The van der Waals surface area contributed by atoms with Crippen molar-refractivity contribution in [2.24, 2.45) is 0 Å². The fourth-order valence-corrected chi connectivity index (χ4v) is 6.58. The molecular weight excluding hydrogens is 468 g/mol. The number of carboxylic acid groups (broad SMARTS) is 1. The van der Waals surface area contributed by atoms with Crippen LogP contribution in [0.5, 0.6) is 0 Å². The van der Waals surface area contributed by atoms with Crippen molar-refractivity contribution in [3.05, 3.63) is 22.6 Å². The van der Waals surface area contributed by atoms with Crippen molar-refractivity contribution in [2.45, 2.75) is 28.9 Å². The number of aliphatic carboxylic acids is 1. The first-order valence-electron chi connectivity index (χ1n) is 8.76. The van der Waals surface area contributed by atoms with E-state index < -0.39 is 28.9 Å². The number of tetrazole rings is 1. The number of ether oxygens (including phenoxy) is 1. The minimum absolute atomic E-state index is 0.0927. The molecule has 1 fully saturated rings. The number of nitrogens with one attached hydrogen (secondary N) is 1. The second kappa shape index (κ2) is 8.52. The zero-order valence-corrected chi connectivity index (χ0v) is 18.7. The predicted octanol–water partition coefficient (Wildman–Crippen LogP) is -0.662. The van der Waals surface area contributed by atoms with Gasteiger partial charge in [-0.1, -0.05) is 23.1 Å². The van der Waals surface area contributed by atoms with Gasteiger partial charge in [-0.25, -0.2) is 9.48 Å². The Kier molecular flexibility index (Phi) is 5.96. The minimum Gasteiger partial charge on any atom is -0.477 e. The highest BCUT2D eigenvalue weighted by atomic mass is 32.2. The average molecular weight is 485 g/mol. The van der Waals surface area contributed by atoms with Gasteiger partial charge in [0.25, 0.3) is 11.6 Å². The molecule has 1 saturated heterocycles. The van der Waals surface area contributed by atoms with Crippen LogP contribution >= 0.6 is 34.9 Å². The SMILES string of the molecule is COC1(NC(=O)Cn2cnnn2)C(=O)N2C(C(=O)O)=C(CSc3nnc(C)s3)CS[C@H]21. The molecule has 4 rings (SSSR count). The lowest BCUT2D eigenvalue weighted by molar-refractivity contribution is -0.192. The Morgan fingerprint density at radius 2 is 2.26 bits per heavy atom. The number of aryl methyl sites for hydroxylation is 1. The van der Waals surface area contributed by atoms with Crippen molar-refractivity contribution < 1.29 is 24.2 Å². The van der Waals surface area contributed by atoms with E-state index in [4.69, 9.17) is 4.74 Å². The molecule has 4 heterocycles. The van der Waals surface area contributed by atoms with E-state index in [1.807, 2.05) is 6.92 Å². The van der Waals surface area contributed by atoms with E-state index in [1.165, 1.54) is 57.9 Å². The third-order valence-electron chi connectivity index (χ3n) is 4.53. The Morgan fingerprint density at radius 3 is 2.87 bits per heavy atom. The normalized spacial score (nSPS) is 22.8. The van der Waals surface area contributed by atoms with Gasteiger partial charge in [0, 0.05) is 18.6 Å². The van der Waals surface area contributed by atoms with Crippen LogP contribution in [0.2, 0.25) is 0 Å². The summed E-state index contributed by atoms with van der Waals surface area (Å²) in [4.78, 5) is 38.6. The van der Waals surface area contributed by atoms with Crippen molar-refractivity contribution >= 4 is 52.6 Å². The summed E-state index contributed by atoms with van der Waals surface area (Å²) in [5, 5.41) is 30.9. The van der Waals surface area contributed by atoms with Gasteiger partial charge in [0.15, 0.2) is 4.34 Å². The smallest absolute Gasteiger partial charge is 0.352 e. The number of nitrogens with zero attached hydrogens (tertiary/aromatic N) is 7. The number of hydrogen-bond donors (Lipinski definition) is 2. The maximum atomic E-state index is 13.0. The molecule has 0 saturated carbocycles. The van der Waals surface area contributed by atoms with Crippen LogP contribution in [0.3, 0.4) is 0 Å². The number of hydrogen-bond acceptors (Lipinski definition) is 12. The molecule has 2 aliphatic heterocycles. The third-order valence-corrected chi connectivity index (χ3v) is 7.97. The van der Waals surface area contributed by atoms with Crippen LogP contribution in [0.4, 0.5) is 0 Å². The molecule has 13 nitrogen and oxygen atoms in total. The van der Waals surface area contributed by atoms with Gasteiger partial charge in [0.1, 0.15) is 29.0 Å². The lowest BCUT2D eigenvalue weighted by Gasteiger charge is -2.55. The van der Waals surface area contributed by atoms with Crippen LogP contribution < -0.4 is 5.32 Å². The molecule has 2 aromatic heterocycles. The quantitative estimate of drug-likeness (QED) is 0.276. The largest absolute Gasteiger partial charge is 0.477 e. The van der Waals surface area contributed by atoms with E-state index in [-0.39, 0.29) is 12.2 Å².